The van der Waals surface area contributed by atoms with Crippen LogP contribution in [0.4, 0.5) is 5.69 Å². The Morgan fingerprint density at radius 3 is 2.20 bits per heavy atom. The van der Waals surface area contributed by atoms with Crippen LogP contribution in [-0.2, 0) is 23.9 Å². The summed E-state index contributed by atoms with van der Waals surface area (Å²) in [7, 11) is 2.54. The summed E-state index contributed by atoms with van der Waals surface area (Å²) in [6.45, 7) is 0. The topological polar surface area (TPSA) is 65.1 Å². The molecule has 0 spiro atoms. The van der Waals surface area contributed by atoms with Crippen molar-refractivity contribution in [1.29, 1.82) is 0 Å². The molecule has 106 valence electrons. The lowest BCUT2D eigenvalue weighted by Gasteiger charge is -2.17. The molecule has 6 heteroatoms. The first-order valence-corrected chi connectivity index (χ1v) is 5.69. The third kappa shape index (κ3) is 5.26. The molecular formula is C14H15NO5. The Balaban J connectivity index is 2.80. The Kier molecular flexibility index (Phi) is 6.40. The van der Waals surface area contributed by atoms with Gasteiger partial charge in [0.2, 0.25) is 0 Å². The minimum absolute atomic E-state index is 0.522. The number of rotatable bonds is 6. The first-order valence-electron chi connectivity index (χ1n) is 5.69. The highest BCUT2D eigenvalue weighted by Crippen LogP contribution is 2.14. The zero-order valence-electron chi connectivity index (χ0n) is 11.2. The summed E-state index contributed by atoms with van der Waals surface area (Å²) in [4.78, 5) is 27.3. The monoisotopic (exact) mass is 277 g/mol. The van der Waals surface area contributed by atoms with Crippen LogP contribution >= 0.6 is 0 Å². The fourth-order valence-corrected chi connectivity index (χ4v) is 1.17. The molecule has 0 saturated heterocycles. The van der Waals surface area contributed by atoms with Crippen LogP contribution in [-0.4, -0.2) is 26.2 Å². The fraction of sp³-hybridized carbons (Fsp3) is 0.143. The molecule has 0 N–H and O–H groups in total. The zero-order valence-corrected chi connectivity index (χ0v) is 11.2. The normalized spacial score (nSPS) is 10.5. The van der Waals surface area contributed by atoms with Crippen molar-refractivity contribution >= 4 is 17.6 Å². The largest absolute Gasteiger partial charge is 0.466 e. The molecule has 0 heterocycles. The predicted octanol–water partition coefficient (Wildman–Crippen LogP) is 1.80. The average Bonchev–Trinajstić information content (AvgIpc) is 2.50. The van der Waals surface area contributed by atoms with Crippen molar-refractivity contribution in [1.82, 2.24) is 0 Å². The van der Waals surface area contributed by atoms with Gasteiger partial charge < -0.3 is 14.3 Å². The van der Waals surface area contributed by atoms with Crippen LogP contribution < -0.4 is 5.06 Å². The lowest BCUT2D eigenvalue weighted by Crippen LogP contribution is -2.14. The lowest BCUT2D eigenvalue weighted by molar-refractivity contribution is -0.135. The smallest absolute Gasteiger partial charge is 0.333 e. The Labute approximate surface area is 116 Å². The van der Waals surface area contributed by atoms with E-state index in [0.29, 0.717) is 5.69 Å². The highest BCUT2D eigenvalue weighted by Gasteiger charge is 2.03. The van der Waals surface area contributed by atoms with Crippen molar-refractivity contribution in [3.8, 4) is 0 Å². The minimum atomic E-state index is -0.546. The Morgan fingerprint density at radius 1 is 1.00 bits per heavy atom. The second-order valence-electron chi connectivity index (χ2n) is 3.43. The number of anilines is 1. The Hall–Kier alpha value is -2.76. The molecule has 0 atom stereocenters. The highest BCUT2D eigenvalue weighted by molar-refractivity contribution is 5.82. The molecule has 0 aromatic heterocycles. The van der Waals surface area contributed by atoms with Crippen molar-refractivity contribution in [3.63, 3.8) is 0 Å². The van der Waals surface area contributed by atoms with E-state index in [1.807, 2.05) is 18.2 Å². The van der Waals surface area contributed by atoms with Crippen LogP contribution in [0.15, 0.2) is 54.9 Å². The zero-order chi connectivity index (χ0) is 14.8. The molecule has 6 nitrogen and oxygen atoms in total. The van der Waals surface area contributed by atoms with Gasteiger partial charge in [0.15, 0.2) is 0 Å². The van der Waals surface area contributed by atoms with Crippen LogP contribution in [0.5, 0.6) is 0 Å². The van der Waals surface area contributed by atoms with E-state index in [0.717, 1.165) is 12.3 Å². The van der Waals surface area contributed by atoms with Gasteiger partial charge in [0, 0.05) is 6.08 Å². The third-order valence-corrected chi connectivity index (χ3v) is 2.14. The SMILES string of the molecule is COC(=O)/C=C/ON(/C=C/C(=O)OC)c1ccccc1. The van der Waals surface area contributed by atoms with E-state index in [1.54, 1.807) is 12.1 Å². The number of para-hydroxylation sites is 1. The lowest BCUT2D eigenvalue weighted by atomic mass is 10.3. The van der Waals surface area contributed by atoms with Crippen LogP contribution in [0.25, 0.3) is 0 Å². The van der Waals surface area contributed by atoms with Gasteiger partial charge in [-0.05, 0) is 12.1 Å². The summed E-state index contributed by atoms with van der Waals surface area (Å²) in [5.74, 6) is -1.07. The maximum atomic E-state index is 11.1. The molecular weight excluding hydrogens is 262 g/mol. The number of hydrogen-bond donors (Lipinski definition) is 0. The van der Waals surface area contributed by atoms with Crippen molar-refractivity contribution in [2.24, 2.45) is 0 Å². The van der Waals surface area contributed by atoms with Crippen molar-refractivity contribution in [2.75, 3.05) is 19.3 Å². The van der Waals surface area contributed by atoms with Crippen LogP contribution in [0.2, 0.25) is 0 Å². The van der Waals surface area contributed by atoms with Gasteiger partial charge in [-0.3, -0.25) is 0 Å². The highest BCUT2D eigenvalue weighted by atomic mass is 16.7. The van der Waals surface area contributed by atoms with Crippen LogP contribution in [0.1, 0.15) is 0 Å². The molecule has 0 bridgehead atoms. The summed E-state index contributed by atoms with van der Waals surface area (Å²) < 4.78 is 8.93. The van der Waals surface area contributed by atoms with Crippen LogP contribution in [0, 0.1) is 0 Å². The molecule has 0 aliphatic rings. The van der Waals surface area contributed by atoms with Gasteiger partial charge in [-0.25, -0.2) is 9.59 Å². The minimum Gasteiger partial charge on any atom is -0.466 e. The van der Waals surface area contributed by atoms with Crippen molar-refractivity contribution in [3.05, 3.63) is 54.9 Å². The van der Waals surface area contributed by atoms with E-state index in [-0.39, 0.29) is 0 Å². The molecule has 0 amide bonds. The fourth-order valence-electron chi connectivity index (χ4n) is 1.17. The summed E-state index contributed by atoms with van der Waals surface area (Å²) in [6.07, 6.45) is 4.84. The standard InChI is InChI=1S/C14H15NO5/c1-18-13(16)8-10-15(12-6-4-3-5-7-12)20-11-9-14(17)19-2/h3-11H,1-2H3/b10-8+,11-9+. The number of hydrogen-bond acceptors (Lipinski definition) is 6. The number of benzene rings is 1. The summed E-state index contributed by atoms with van der Waals surface area (Å²) in [6, 6.07) is 9.00. The van der Waals surface area contributed by atoms with Gasteiger partial charge >= 0.3 is 11.9 Å². The first kappa shape index (κ1) is 15.3. The van der Waals surface area contributed by atoms with Gasteiger partial charge in [-0.1, -0.05) is 18.2 Å². The van der Waals surface area contributed by atoms with E-state index in [9.17, 15) is 9.59 Å². The second-order valence-corrected chi connectivity index (χ2v) is 3.43. The molecule has 20 heavy (non-hydrogen) atoms. The van der Waals surface area contributed by atoms with Gasteiger partial charge in [-0.15, -0.1) is 0 Å². The average molecular weight is 277 g/mol. The van der Waals surface area contributed by atoms with E-state index in [2.05, 4.69) is 9.47 Å². The molecule has 0 aliphatic carbocycles. The molecule has 0 aliphatic heterocycles. The Bertz CT molecular complexity index is 496. The molecule has 0 fully saturated rings. The molecule has 0 unspecified atom stereocenters. The number of carbonyl (C=O) groups is 2. The number of methoxy groups -OCH3 is 2. The predicted molar refractivity (Wildman–Crippen MR) is 72.3 cm³/mol. The molecule has 0 radical (unpaired) electrons. The molecule has 1 aromatic rings. The van der Waals surface area contributed by atoms with E-state index in [1.165, 1.54) is 31.6 Å². The maximum absolute atomic E-state index is 11.1. The van der Waals surface area contributed by atoms with Crippen molar-refractivity contribution < 1.29 is 23.9 Å². The number of esters is 2. The van der Waals surface area contributed by atoms with Crippen LogP contribution in [0.3, 0.4) is 0 Å². The number of hydroxylamine groups is 1. The van der Waals surface area contributed by atoms with Gasteiger partial charge in [-0.2, -0.15) is 5.06 Å². The molecule has 1 rings (SSSR count). The van der Waals surface area contributed by atoms with E-state index in [4.69, 9.17) is 4.84 Å². The third-order valence-electron chi connectivity index (χ3n) is 2.14. The molecule has 1 aromatic carbocycles. The van der Waals surface area contributed by atoms with Crippen molar-refractivity contribution in [2.45, 2.75) is 0 Å². The second kappa shape index (κ2) is 8.36. The summed E-state index contributed by atoms with van der Waals surface area (Å²) in [5, 5.41) is 1.30. The quantitative estimate of drug-likeness (QED) is 0.342. The van der Waals surface area contributed by atoms with E-state index >= 15 is 0 Å². The van der Waals surface area contributed by atoms with Gasteiger partial charge in [0.05, 0.1) is 32.2 Å². The maximum Gasteiger partial charge on any atom is 0.333 e. The molecule has 0 saturated carbocycles. The van der Waals surface area contributed by atoms with Gasteiger partial charge in [0.1, 0.15) is 6.26 Å². The Morgan fingerprint density at radius 2 is 1.60 bits per heavy atom. The summed E-state index contributed by atoms with van der Waals surface area (Å²) in [5.41, 5.74) is 0.669. The van der Waals surface area contributed by atoms with Gasteiger partial charge in [0.25, 0.3) is 0 Å². The number of ether oxygens (including phenoxy) is 2. The summed E-state index contributed by atoms with van der Waals surface area (Å²) >= 11 is 0. The first-order chi connectivity index (χ1) is 9.67. The van der Waals surface area contributed by atoms with E-state index < -0.39 is 11.9 Å². The number of nitrogens with zero attached hydrogens (tertiary/aromatic N) is 1. The number of carbonyl (C=O) groups excluding carboxylic acids is 2.